The Morgan fingerprint density at radius 1 is 1.10 bits per heavy atom. The van der Waals surface area contributed by atoms with E-state index in [1.165, 1.54) is 11.8 Å². The lowest BCUT2D eigenvalue weighted by molar-refractivity contribution is 0.102. The number of hydrogen-bond donors (Lipinski definition) is 0. The van der Waals surface area contributed by atoms with Crippen LogP contribution < -0.4 is 4.74 Å². The maximum Gasteiger partial charge on any atom is 0.192 e. The molecule has 2 heterocycles. The highest BCUT2D eigenvalue weighted by molar-refractivity contribution is 7.99. The third-order valence-corrected chi connectivity index (χ3v) is 5.68. The molecular weight excluding hydrogens is 408 g/mol. The molecule has 4 aromatic rings. The van der Waals surface area contributed by atoms with Crippen LogP contribution in [0.2, 0.25) is 0 Å². The maximum absolute atomic E-state index is 12.4. The average Bonchev–Trinajstić information content (AvgIpc) is 3.18. The van der Waals surface area contributed by atoms with Gasteiger partial charge in [0.05, 0.1) is 5.75 Å². The first-order valence-electron chi connectivity index (χ1n) is 9.89. The van der Waals surface area contributed by atoms with Crippen molar-refractivity contribution in [2.75, 3.05) is 5.75 Å². The number of Topliss-reactive ketones (excluding diaryl/α,β-unsaturated/α-hetero) is 1. The topological polar surface area (TPSA) is 69.9 Å². The lowest BCUT2D eigenvalue weighted by atomic mass is 10.2. The molecule has 0 amide bonds. The smallest absolute Gasteiger partial charge is 0.192 e. The van der Waals surface area contributed by atoms with E-state index in [2.05, 4.69) is 21.8 Å². The van der Waals surface area contributed by atoms with Crippen molar-refractivity contribution in [3.05, 3.63) is 90.4 Å². The zero-order valence-corrected chi connectivity index (χ0v) is 18.0. The summed E-state index contributed by atoms with van der Waals surface area (Å²) in [7, 11) is 0. The molecule has 0 radical (unpaired) electrons. The van der Waals surface area contributed by atoms with Gasteiger partial charge in [-0.25, -0.2) is 4.98 Å². The molecule has 0 aliphatic rings. The number of nitrogens with zero attached hydrogens (tertiary/aromatic N) is 4. The van der Waals surface area contributed by atoms with E-state index in [1.54, 1.807) is 6.08 Å². The van der Waals surface area contributed by atoms with E-state index in [4.69, 9.17) is 4.74 Å². The Hall–Kier alpha value is -3.45. The Morgan fingerprint density at radius 3 is 2.74 bits per heavy atom. The van der Waals surface area contributed by atoms with Crippen LogP contribution in [-0.2, 0) is 13.2 Å². The fourth-order valence-electron chi connectivity index (χ4n) is 3.16. The van der Waals surface area contributed by atoms with Crippen LogP contribution in [0.25, 0.3) is 10.9 Å². The first kappa shape index (κ1) is 20.8. The molecule has 0 spiro atoms. The van der Waals surface area contributed by atoms with E-state index in [0.29, 0.717) is 28.8 Å². The molecular formula is C24H22N4O2S. The van der Waals surface area contributed by atoms with Gasteiger partial charge in [0.2, 0.25) is 0 Å². The van der Waals surface area contributed by atoms with Crippen LogP contribution in [-0.4, -0.2) is 31.3 Å². The molecule has 0 atom stereocenters. The number of para-hydroxylation sites is 1. The fourth-order valence-corrected chi connectivity index (χ4v) is 4.02. The molecule has 7 heteroatoms. The Balaban J connectivity index is 1.49. The Kier molecular flexibility index (Phi) is 6.43. The number of benzene rings is 2. The van der Waals surface area contributed by atoms with Crippen LogP contribution in [0.15, 0.2) is 78.5 Å². The summed E-state index contributed by atoms with van der Waals surface area (Å²) in [4.78, 5) is 17.0. The number of carbonyl (C=O) groups is 1. The second-order valence-electron chi connectivity index (χ2n) is 6.95. The van der Waals surface area contributed by atoms with Gasteiger partial charge in [-0.2, -0.15) is 0 Å². The summed E-state index contributed by atoms with van der Waals surface area (Å²) in [5.41, 5.74) is 2.44. The Labute approximate surface area is 185 Å². The van der Waals surface area contributed by atoms with Gasteiger partial charge < -0.3 is 4.74 Å². The first-order valence-corrected chi connectivity index (χ1v) is 10.9. The SMILES string of the molecule is C=CCn1c(COc2cccc3ccc(C)nc23)nnc1SCC(=O)c1ccccc1. The molecule has 6 nitrogen and oxygen atoms in total. The summed E-state index contributed by atoms with van der Waals surface area (Å²) < 4.78 is 7.98. The van der Waals surface area contributed by atoms with Crippen molar-refractivity contribution >= 4 is 28.4 Å². The number of thioether (sulfide) groups is 1. The molecule has 0 fully saturated rings. The number of ketones is 1. The minimum Gasteiger partial charge on any atom is -0.483 e. The highest BCUT2D eigenvalue weighted by Gasteiger charge is 2.15. The van der Waals surface area contributed by atoms with Crippen molar-refractivity contribution in [1.29, 1.82) is 0 Å². The monoisotopic (exact) mass is 430 g/mol. The van der Waals surface area contributed by atoms with Crippen molar-refractivity contribution in [1.82, 2.24) is 19.7 Å². The molecule has 2 aromatic carbocycles. The second kappa shape index (κ2) is 9.57. The molecule has 0 aliphatic heterocycles. The van der Waals surface area contributed by atoms with Gasteiger partial charge in [-0.3, -0.25) is 9.36 Å². The van der Waals surface area contributed by atoms with E-state index in [0.717, 1.165) is 16.6 Å². The van der Waals surface area contributed by atoms with Gasteiger partial charge in [0.1, 0.15) is 17.9 Å². The summed E-state index contributed by atoms with van der Waals surface area (Å²) in [6.07, 6.45) is 1.78. The Bertz CT molecular complexity index is 1220. The molecule has 0 saturated carbocycles. The number of aryl methyl sites for hydroxylation is 1. The van der Waals surface area contributed by atoms with Crippen molar-refractivity contribution < 1.29 is 9.53 Å². The molecule has 2 aromatic heterocycles. The van der Waals surface area contributed by atoms with Crippen LogP contribution in [0.5, 0.6) is 5.75 Å². The number of allylic oxidation sites excluding steroid dienone is 1. The zero-order chi connectivity index (χ0) is 21.6. The normalized spacial score (nSPS) is 10.9. The largest absolute Gasteiger partial charge is 0.483 e. The highest BCUT2D eigenvalue weighted by Crippen LogP contribution is 2.25. The molecule has 4 rings (SSSR count). The summed E-state index contributed by atoms with van der Waals surface area (Å²) in [5.74, 6) is 1.70. The molecule has 0 bridgehead atoms. The third kappa shape index (κ3) is 4.83. The lowest BCUT2D eigenvalue weighted by Crippen LogP contribution is -2.09. The van der Waals surface area contributed by atoms with E-state index in [1.807, 2.05) is 72.2 Å². The number of rotatable bonds is 9. The molecule has 0 aliphatic carbocycles. The van der Waals surface area contributed by atoms with Crippen molar-refractivity contribution in [2.45, 2.75) is 25.2 Å². The van der Waals surface area contributed by atoms with E-state index in [9.17, 15) is 4.79 Å². The van der Waals surface area contributed by atoms with Gasteiger partial charge in [0.25, 0.3) is 0 Å². The molecule has 156 valence electrons. The number of fused-ring (bicyclic) bond motifs is 1. The summed E-state index contributed by atoms with van der Waals surface area (Å²) in [6, 6.07) is 19.1. The number of aromatic nitrogens is 4. The summed E-state index contributed by atoms with van der Waals surface area (Å²) in [5, 5.41) is 10.2. The molecule has 0 N–H and O–H groups in total. The summed E-state index contributed by atoms with van der Waals surface area (Å²) in [6.45, 7) is 6.55. The molecule has 0 saturated heterocycles. The minimum absolute atomic E-state index is 0.0498. The molecule has 0 unspecified atom stereocenters. The van der Waals surface area contributed by atoms with Crippen LogP contribution in [0.3, 0.4) is 0 Å². The van der Waals surface area contributed by atoms with E-state index >= 15 is 0 Å². The van der Waals surface area contributed by atoms with Gasteiger partial charge in [-0.05, 0) is 19.1 Å². The zero-order valence-electron chi connectivity index (χ0n) is 17.2. The number of ether oxygens (including phenoxy) is 1. The van der Waals surface area contributed by atoms with E-state index < -0.39 is 0 Å². The van der Waals surface area contributed by atoms with Crippen LogP contribution >= 0.6 is 11.8 Å². The number of hydrogen-bond acceptors (Lipinski definition) is 6. The average molecular weight is 431 g/mol. The standard InChI is InChI=1S/C24H22N4O2S/c1-3-14-28-22(15-30-21-11-7-10-19-13-12-17(2)25-23(19)21)26-27-24(28)31-16-20(29)18-8-5-4-6-9-18/h3-13H,1,14-16H2,2H3. The first-order chi connectivity index (χ1) is 15.2. The van der Waals surface area contributed by atoms with Crippen molar-refractivity contribution in [3.63, 3.8) is 0 Å². The predicted molar refractivity (Wildman–Crippen MR) is 123 cm³/mol. The minimum atomic E-state index is 0.0498. The van der Waals surface area contributed by atoms with Crippen LogP contribution in [0.4, 0.5) is 0 Å². The van der Waals surface area contributed by atoms with Crippen LogP contribution in [0.1, 0.15) is 21.9 Å². The fraction of sp³-hybridized carbons (Fsp3) is 0.167. The van der Waals surface area contributed by atoms with Crippen LogP contribution in [0, 0.1) is 6.92 Å². The van der Waals surface area contributed by atoms with E-state index in [-0.39, 0.29) is 18.1 Å². The predicted octanol–water partition coefficient (Wildman–Crippen LogP) is 4.87. The van der Waals surface area contributed by atoms with Gasteiger partial charge >= 0.3 is 0 Å². The third-order valence-electron chi connectivity index (χ3n) is 4.71. The lowest BCUT2D eigenvalue weighted by Gasteiger charge is -2.11. The van der Waals surface area contributed by atoms with Crippen molar-refractivity contribution in [3.8, 4) is 5.75 Å². The highest BCUT2D eigenvalue weighted by atomic mass is 32.2. The maximum atomic E-state index is 12.4. The molecule has 31 heavy (non-hydrogen) atoms. The van der Waals surface area contributed by atoms with Crippen molar-refractivity contribution in [2.24, 2.45) is 0 Å². The second-order valence-corrected chi connectivity index (χ2v) is 7.89. The number of pyridine rings is 1. The van der Waals surface area contributed by atoms with Gasteiger partial charge in [-0.15, -0.1) is 16.8 Å². The van der Waals surface area contributed by atoms with Gasteiger partial charge in [0, 0.05) is 23.2 Å². The quantitative estimate of drug-likeness (QED) is 0.214. The summed E-state index contributed by atoms with van der Waals surface area (Å²) >= 11 is 1.36. The van der Waals surface area contributed by atoms with Gasteiger partial charge in [0.15, 0.2) is 16.8 Å². The Morgan fingerprint density at radius 2 is 1.94 bits per heavy atom. The van der Waals surface area contributed by atoms with Gasteiger partial charge in [-0.1, -0.05) is 66.4 Å². The number of carbonyl (C=O) groups excluding carboxylic acids is 1.